The van der Waals surface area contributed by atoms with Crippen LogP contribution in [0.5, 0.6) is 0 Å². The smallest absolute Gasteiger partial charge is 0.123 e. The van der Waals surface area contributed by atoms with Crippen LogP contribution < -0.4 is 0 Å². The van der Waals surface area contributed by atoms with Crippen molar-refractivity contribution in [2.45, 2.75) is 25.9 Å². The molecule has 0 heterocycles. The van der Waals surface area contributed by atoms with E-state index in [1.807, 2.05) is 6.92 Å². The van der Waals surface area contributed by atoms with Gasteiger partial charge in [-0.05, 0) is 25.7 Å². The van der Waals surface area contributed by atoms with Gasteiger partial charge in [0.15, 0.2) is 0 Å². The summed E-state index contributed by atoms with van der Waals surface area (Å²) >= 11 is 0. The quantitative estimate of drug-likeness (QED) is 0.554. The Balaban J connectivity index is 2.34. The molecule has 0 aromatic rings. The van der Waals surface area contributed by atoms with Gasteiger partial charge in [0.1, 0.15) is 6.29 Å². The van der Waals surface area contributed by atoms with Gasteiger partial charge in [0.2, 0.25) is 0 Å². The van der Waals surface area contributed by atoms with Gasteiger partial charge in [-0.1, -0.05) is 0 Å². The Kier molecular flexibility index (Phi) is 2.44. The van der Waals surface area contributed by atoms with E-state index in [0.717, 1.165) is 19.1 Å². The van der Waals surface area contributed by atoms with Crippen molar-refractivity contribution in [3.63, 3.8) is 0 Å². The molecule has 1 saturated carbocycles. The molecule has 0 radical (unpaired) electrons. The summed E-state index contributed by atoms with van der Waals surface area (Å²) in [6.07, 6.45) is 3.52. The van der Waals surface area contributed by atoms with E-state index in [9.17, 15) is 4.79 Å². The van der Waals surface area contributed by atoms with E-state index in [2.05, 4.69) is 0 Å². The molecule has 1 fully saturated rings. The summed E-state index contributed by atoms with van der Waals surface area (Å²) in [5, 5.41) is 0. The Labute approximate surface area is 61.6 Å². The van der Waals surface area contributed by atoms with E-state index in [1.54, 1.807) is 7.11 Å². The van der Waals surface area contributed by atoms with Crippen molar-refractivity contribution in [2.24, 2.45) is 11.8 Å². The zero-order chi connectivity index (χ0) is 7.56. The average molecular weight is 142 g/mol. The first kappa shape index (κ1) is 7.73. The second-order valence-corrected chi connectivity index (χ2v) is 2.98. The first-order chi connectivity index (χ1) is 4.79. The van der Waals surface area contributed by atoms with E-state index in [1.165, 1.54) is 0 Å². The normalized spacial score (nSPS) is 34.6. The maximum atomic E-state index is 10.4. The maximum absolute atomic E-state index is 10.4. The standard InChI is InChI=1S/C8H14O2/c1-6(10-2)8-4-3-7(8)5-9/h5-8H,3-4H2,1-2H3/t6-,7-,8+/m1/s1. The molecule has 2 nitrogen and oxygen atoms in total. The summed E-state index contributed by atoms with van der Waals surface area (Å²) in [4.78, 5) is 10.4. The Bertz CT molecular complexity index is 122. The highest BCUT2D eigenvalue weighted by Gasteiger charge is 2.34. The Morgan fingerprint density at radius 1 is 1.60 bits per heavy atom. The summed E-state index contributed by atoms with van der Waals surface area (Å²) < 4.78 is 5.13. The van der Waals surface area contributed by atoms with Gasteiger partial charge in [-0.3, -0.25) is 0 Å². The number of hydrogen-bond donors (Lipinski definition) is 0. The van der Waals surface area contributed by atoms with Crippen LogP contribution in [0.3, 0.4) is 0 Å². The van der Waals surface area contributed by atoms with Crippen molar-refractivity contribution in [3.8, 4) is 0 Å². The molecule has 0 aromatic carbocycles. The minimum atomic E-state index is 0.254. The highest BCUT2D eigenvalue weighted by molar-refractivity contribution is 5.55. The largest absolute Gasteiger partial charge is 0.381 e. The van der Waals surface area contributed by atoms with Crippen molar-refractivity contribution >= 4 is 6.29 Å². The third-order valence-corrected chi connectivity index (χ3v) is 2.53. The van der Waals surface area contributed by atoms with Gasteiger partial charge in [0, 0.05) is 13.0 Å². The van der Waals surface area contributed by atoms with Gasteiger partial charge >= 0.3 is 0 Å². The van der Waals surface area contributed by atoms with E-state index < -0.39 is 0 Å². The lowest BCUT2D eigenvalue weighted by atomic mass is 9.72. The fourth-order valence-corrected chi connectivity index (χ4v) is 1.48. The monoisotopic (exact) mass is 142 g/mol. The van der Waals surface area contributed by atoms with Crippen LogP contribution in [0.25, 0.3) is 0 Å². The number of carbonyl (C=O) groups is 1. The van der Waals surface area contributed by atoms with Crippen molar-refractivity contribution in [1.82, 2.24) is 0 Å². The van der Waals surface area contributed by atoms with Gasteiger partial charge in [-0.2, -0.15) is 0 Å². The average Bonchev–Trinajstić information content (AvgIpc) is 1.86. The van der Waals surface area contributed by atoms with Gasteiger partial charge in [0.05, 0.1) is 6.10 Å². The number of methoxy groups -OCH3 is 1. The van der Waals surface area contributed by atoms with Crippen LogP contribution >= 0.6 is 0 Å². The SMILES string of the molecule is CO[C@H](C)[C@@H]1CC[C@@H]1C=O. The minimum absolute atomic E-state index is 0.254. The molecule has 0 bridgehead atoms. The Morgan fingerprint density at radius 2 is 2.30 bits per heavy atom. The third kappa shape index (κ3) is 1.21. The fraction of sp³-hybridized carbons (Fsp3) is 0.875. The second kappa shape index (κ2) is 3.15. The van der Waals surface area contributed by atoms with Gasteiger partial charge < -0.3 is 9.53 Å². The molecular formula is C8H14O2. The molecule has 0 amide bonds. The van der Waals surface area contributed by atoms with Gasteiger partial charge in [-0.25, -0.2) is 0 Å². The predicted molar refractivity (Wildman–Crippen MR) is 38.7 cm³/mol. The second-order valence-electron chi connectivity index (χ2n) is 2.98. The van der Waals surface area contributed by atoms with Crippen LogP contribution in [0.2, 0.25) is 0 Å². The van der Waals surface area contributed by atoms with E-state index >= 15 is 0 Å². The van der Waals surface area contributed by atoms with Crippen LogP contribution in [-0.2, 0) is 9.53 Å². The zero-order valence-electron chi connectivity index (χ0n) is 6.54. The molecule has 1 aliphatic rings. The Hall–Kier alpha value is -0.370. The van der Waals surface area contributed by atoms with Crippen molar-refractivity contribution in [2.75, 3.05) is 7.11 Å². The lowest BCUT2D eigenvalue weighted by molar-refractivity contribution is -0.119. The molecule has 0 aliphatic heterocycles. The number of rotatable bonds is 3. The van der Waals surface area contributed by atoms with Crippen molar-refractivity contribution in [1.29, 1.82) is 0 Å². The van der Waals surface area contributed by atoms with Crippen LogP contribution in [0, 0.1) is 11.8 Å². The highest BCUT2D eigenvalue weighted by atomic mass is 16.5. The van der Waals surface area contributed by atoms with E-state index in [-0.39, 0.29) is 12.0 Å². The molecule has 0 spiro atoms. The molecular weight excluding hydrogens is 128 g/mol. The number of carbonyl (C=O) groups excluding carboxylic acids is 1. The first-order valence-corrected chi connectivity index (χ1v) is 3.77. The molecule has 0 N–H and O–H groups in total. The molecule has 58 valence electrons. The molecule has 1 rings (SSSR count). The predicted octanol–water partition coefficient (Wildman–Crippen LogP) is 1.25. The lowest BCUT2D eigenvalue weighted by Gasteiger charge is -2.36. The van der Waals surface area contributed by atoms with Crippen LogP contribution in [0.15, 0.2) is 0 Å². The molecule has 2 heteroatoms. The highest BCUT2D eigenvalue weighted by Crippen LogP contribution is 2.35. The van der Waals surface area contributed by atoms with Crippen molar-refractivity contribution in [3.05, 3.63) is 0 Å². The summed E-state index contributed by atoms with van der Waals surface area (Å²) in [5.74, 6) is 0.762. The zero-order valence-corrected chi connectivity index (χ0v) is 6.54. The van der Waals surface area contributed by atoms with E-state index in [0.29, 0.717) is 5.92 Å². The molecule has 1 aliphatic carbocycles. The molecule has 10 heavy (non-hydrogen) atoms. The third-order valence-electron chi connectivity index (χ3n) is 2.53. The maximum Gasteiger partial charge on any atom is 0.123 e. The van der Waals surface area contributed by atoms with E-state index in [4.69, 9.17) is 4.74 Å². The molecule has 3 atom stereocenters. The molecule has 0 saturated heterocycles. The van der Waals surface area contributed by atoms with Gasteiger partial charge in [0.25, 0.3) is 0 Å². The summed E-state index contributed by atoms with van der Waals surface area (Å²) in [5.41, 5.74) is 0. The summed E-state index contributed by atoms with van der Waals surface area (Å²) in [6, 6.07) is 0. The van der Waals surface area contributed by atoms with Crippen molar-refractivity contribution < 1.29 is 9.53 Å². The number of aldehydes is 1. The summed E-state index contributed by atoms with van der Waals surface area (Å²) in [7, 11) is 1.70. The Morgan fingerprint density at radius 3 is 2.60 bits per heavy atom. The van der Waals surface area contributed by atoms with Crippen LogP contribution in [0.4, 0.5) is 0 Å². The minimum Gasteiger partial charge on any atom is -0.381 e. The van der Waals surface area contributed by atoms with Crippen LogP contribution in [0.1, 0.15) is 19.8 Å². The lowest BCUT2D eigenvalue weighted by Crippen LogP contribution is -2.36. The fourth-order valence-electron chi connectivity index (χ4n) is 1.48. The number of hydrogen-bond acceptors (Lipinski definition) is 2. The molecule has 0 aromatic heterocycles. The van der Waals surface area contributed by atoms with Crippen LogP contribution in [-0.4, -0.2) is 19.5 Å². The number of ether oxygens (including phenoxy) is 1. The molecule has 0 unspecified atom stereocenters. The summed E-state index contributed by atoms with van der Waals surface area (Å²) in [6.45, 7) is 2.03. The van der Waals surface area contributed by atoms with Gasteiger partial charge in [-0.15, -0.1) is 0 Å². The first-order valence-electron chi connectivity index (χ1n) is 3.77. The topological polar surface area (TPSA) is 26.3 Å².